The topological polar surface area (TPSA) is 18.5 Å². The van der Waals surface area contributed by atoms with Gasteiger partial charge in [-0.15, -0.1) is 0 Å². The second kappa shape index (κ2) is 6.92. The molecule has 0 aliphatic carbocycles. The lowest BCUT2D eigenvalue weighted by Crippen LogP contribution is -2.51. The van der Waals surface area contributed by atoms with Crippen LogP contribution in [-0.2, 0) is 0 Å². The Labute approximate surface area is 131 Å². The summed E-state index contributed by atoms with van der Waals surface area (Å²) < 4.78 is 1.16. The van der Waals surface area contributed by atoms with E-state index in [2.05, 4.69) is 77.1 Å². The second-order valence-corrected chi connectivity index (χ2v) is 6.70. The molecule has 0 amide bonds. The molecule has 0 bridgehead atoms. The SMILES string of the molecule is CCNC(C)c1cc(Br)ccc1N1CCN(C)CC1C. The van der Waals surface area contributed by atoms with E-state index in [1.54, 1.807) is 0 Å². The Bertz CT molecular complexity index is 449. The number of halogens is 1. The predicted octanol–water partition coefficient (Wildman–Crippen LogP) is 3.26. The molecule has 1 aromatic rings. The van der Waals surface area contributed by atoms with Crippen molar-refractivity contribution in [3.05, 3.63) is 28.2 Å². The molecule has 2 atom stereocenters. The molecule has 1 aromatic carbocycles. The highest BCUT2D eigenvalue weighted by Gasteiger charge is 2.24. The first-order chi connectivity index (χ1) is 9.52. The zero-order chi connectivity index (χ0) is 14.7. The van der Waals surface area contributed by atoms with E-state index in [0.29, 0.717) is 12.1 Å². The molecule has 1 aliphatic heterocycles. The minimum atomic E-state index is 0.374. The molecular formula is C16H26BrN3. The van der Waals surface area contributed by atoms with Crippen LogP contribution in [0.25, 0.3) is 0 Å². The average Bonchev–Trinajstić information content (AvgIpc) is 2.39. The van der Waals surface area contributed by atoms with Crippen molar-refractivity contribution < 1.29 is 0 Å². The van der Waals surface area contributed by atoms with Crippen LogP contribution in [0.5, 0.6) is 0 Å². The quantitative estimate of drug-likeness (QED) is 0.908. The Morgan fingerprint density at radius 2 is 2.15 bits per heavy atom. The number of nitrogens with zero attached hydrogens (tertiary/aromatic N) is 2. The minimum absolute atomic E-state index is 0.374. The molecule has 1 heterocycles. The molecule has 1 aliphatic rings. The van der Waals surface area contributed by atoms with Gasteiger partial charge in [0.2, 0.25) is 0 Å². The molecule has 0 radical (unpaired) electrons. The lowest BCUT2D eigenvalue weighted by molar-refractivity contribution is 0.275. The molecule has 4 heteroatoms. The lowest BCUT2D eigenvalue weighted by Gasteiger charge is -2.41. The van der Waals surface area contributed by atoms with Crippen molar-refractivity contribution in [1.29, 1.82) is 0 Å². The predicted molar refractivity (Wildman–Crippen MR) is 90.5 cm³/mol. The fraction of sp³-hybridized carbons (Fsp3) is 0.625. The van der Waals surface area contributed by atoms with Gasteiger partial charge in [0, 0.05) is 41.9 Å². The van der Waals surface area contributed by atoms with Crippen LogP contribution in [0.1, 0.15) is 32.4 Å². The molecule has 112 valence electrons. The smallest absolute Gasteiger partial charge is 0.0418 e. The first-order valence-corrected chi connectivity index (χ1v) is 8.30. The van der Waals surface area contributed by atoms with E-state index < -0.39 is 0 Å². The molecule has 1 saturated heterocycles. The number of rotatable bonds is 4. The van der Waals surface area contributed by atoms with Gasteiger partial charge in [-0.1, -0.05) is 22.9 Å². The number of anilines is 1. The zero-order valence-corrected chi connectivity index (χ0v) is 14.6. The number of nitrogens with one attached hydrogen (secondary N) is 1. The van der Waals surface area contributed by atoms with Crippen LogP contribution < -0.4 is 10.2 Å². The van der Waals surface area contributed by atoms with Crippen molar-refractivity contribution in [3.63, 3.8) is 0 Å². The van der Waals surface area contributed by atoms with E-state index >= 15 is 0 Å². The second-order valence-electron chi connectivity index (χ2n) is 5.79. The Morgan fingerprint density at radius 3 is 2.80 bits per heavy atom. The Morgan fingerprint density at radius 1 is 1.40 bits per heavy atom. The summed E-state index contributed by atoms with van der Waals surface area (Å²) in [5.74, 6) is 0. The normalized spacial score (nSPS) is 22.1. The van der Waals surface area contributed by atoms with E-state index in [-0.39, 0.29) is 0 Å². The molecule has 2 rings (SSSR count). The Balaban J connectivity index is 2.30. The largest absolute Gasteiger partial charge is 0.366 e. The molecular weight excluding hydrogens is 314 g/mol. The van der Waals surface area contributed by atoms with Crippen molar-refractivity contribution in [3.8, 4) is 0 Å². The van der Waals surface area contributed by atoms with E-state index in [4.69, 9.17) is 0 Å². The summed E-state index contributed by atoms with van der Waals surface area (Å²) in [6, 6.07) is 7.60. The molecule has 1 N–H and O–H groups in total. The van der Waals surface area contributed by atoms with Crippen LogP contribution in [-0.4, -0.2) is 44.2 Å². The van der Waals surface area contributed by atoms with Gasteiger partial charge in [0.1, 0.15) is 0 Å². The molecule has 3 nitrogen and oxygen atoms in total. The highest BCUT2D eigenvalue weighted by molar-refractivity contribution is 9.10. The summed E-state index contributed by atoms with van der Waals surface area (Å²) in [5, 5.41) is 3.53. The first-order valence-electron chi connectivity index (χ1n) is 7.51. The van der Waals surface area contributed by atoms with Crippen molar-refractivity contribution >= 4 is 21.6 Å². The van der Waals surface area contributed by atoms with E-state index in [0.717, 1.165) is 30.7 Å². The van der Waals surface area contributed by atoms with E-state index in [1.807, 2.05) is 0 Å². The molecule has 20 heavy (non-hydrogen) atoms. The number of hydrogen-bond acceptors (Lipinski definition) is 3. The van der Waals surface area contributed by atoms with Crippen molar-refractivity contribution in [1.82, 2.24) is 10.2 Å². The Kier molecular flexibility index (Phi) is 5.47. The third kappa shape index (κ3) is 3.54. The van der Waals surface area contributed by atoms with Crippen LogP contribution in [0.3, 0.4) is 0 Å². The maximum atomic E-state index is 3.61. The van der Waals surface area contributed by atoms with Gasteiger partial charge >= 0.3 is 0 Å². The van der Waals surface area contributed by atoms with Crippen molar-refractivity contribution in [2.24, 2.45) is 0 Å². The first kappa shape index (κ1) is 15.8. The third-order valence-electron chi connectivity index (χ3n) is 4.11. The molecule has 2 unspecified atom stereocenters. The fourth-order valence-electron chi connectivity index (χ4n) is 3.05. The zero-order valence-electron chi connectivity index (χ0n) is 13.0. The monoisotopic (exact) mass is 339 g/mol. The number of piperazine rings is 1. The van der Waals surface area contributed by atoms with Gasteiger partial charge < -0.3 is 15.1 Å². The highest BCUT2D eigenvalue weighted by atomic mass is 79.9. The van der Waals surface area contributed by atoms with Gasteiger partial charge in [-0.2, -0.15) is 0 Å². The molecule has 0 aromatic heterocycles. The Hall–Kier alpha value is -0.580. The van der Waals surface area contributed by atoms with Crippen LogP contribution in [0.15, 0.2) is 22.7 Å². The summed E-state index contributed by atoms with van der Waals surface area (Å²) in [7, 11) is 2.21. The molecule has 1 fully saturated rings. The van der Waals surface area contributed by atoms with Crippen molar-refractivity contribution in [2.45, 2.75) is 32.9 Å². The van der Waals surface area contributed by atoms with Gasteiger partial charge in [-0.3, -0.25) is 0 Å². The van der Waals surface area contributed by atoms with E-state index in [1.165, 1.54) is 11.3 Å². The van der Waals surface area contributed by atoms with Gasteiger partial charge in [0.15, 0.2) is 0 Å². The summed E-state index contributed by atoms with van der Waals surface area (Å²) in [6.45, 7) is 11.1. The molecule has 0 spiro atoms. The minimum Gasteiger partial charge on any atom is -0.366 e. The van der Waals surface area contributed by atoms with Crippen LogP contribution in [0, 0.1) is 0 Å². The highest BCUT2D eigenvalue weighted by Crippen LogP contribution is 2.31. The maximum Gasteiger partial charge on any atom is 0.0418 e. The molecule has 0 saturated carbocycles. The summed E-state index contributed by atoms with van der Waals surface area (Å²) in [5.41, 5.74) is 2.76. The number of benzene rings is 1. The van der Waals surface area contributed by atoms with Crippen LogP contribution in [0.4, 0.5) is 5.69 Å². The van der Waals surface area contributed by atoms with E-state index in [9.17, 15) is 0 Å². The van der Waals surface area contributed by atoms with Crippen molar-refractivity contribution in [2.75, 3.05) is 38.1 Å². The standard InChI is InChI=1S/C16H26BrN3/c1-5-18-13(3)15-10-14(17)6-7-16(15)20-9-8-19(4)11-12(20)2/h6-7,10,12-13,18H,5,8-9,11H2,1-4H3. The van der Waals surface area contributed by atoms with Gasteiger partial charge in [0.25, 0.3) is 0 Å². The van der Waals surface area contributed by atoms with Crippen LogP contribution in [0.2, 0.25) is 0 Å². The third-order valence-corrected chi connectivity index (χ3v) is 4.60. The number of likely N-dealkylation sites (N-methyl/N-ethyl adjacent to an activating group) is 1. The number of hydrogen-bond donors (Lipinski definition) is 1. The van der Waals surface area contributed by atoms with Gasteiger partial charge in [0.05, 0.1) is 0 Å². The van der Waals surface area contributed by atoms with Gasteiger partial charge in [-0.25, -0.2) is 0 Å². The summed E-state index contributed by atoms with van der Waals surface area (Å²) >= 11 is 3.61. The van der Waals surface area contributed by atoms with Gasteiger partial charge in [-0.05, 0) is 51.2 Å². The summed E-state index contributed by atoms with van der Waals surface area (Å²) in [6.07, 6.45) is 0. The van der Waals surface area contributed by atoms with Crippen LogP contribution >= 0.6 is 15.9 Å². The average molecular weight is 340 g/mol. The summed E-state index contributed by atoms with van der Waals surface area (Å²) in [4.78, 5) is 4.96. The fourth-order valence-corrected chi connectivity index (χ4v) is 3.43. The maximum absolute atomic E-state index is 3.61. The lowest BCUT2D eigenvalue weighted by atomic mass is 10.0.